The third kappa shape index (κ3) is 4.14. The summed E-state index contributed by atoms with van der Waals surface area (Å²) in [4.78, 5) is 10.6. The first-order valence-electron chi connectivity index (χ1n) is 4.08. The van der Waals surface area contributed by atoms with Gasteiger partial charge >= 0.3 is 0 Å². The normalized spacial score (nSPS) is 16.5. The van der Waals surface area contributed by atoms with E-state index < -0.39 is 5.60 Å². The number of aliphatic hydroxyl groups is 1. The van der Waals surface area contributed by atoms with Crippen molar-refractivity contribution in [1.29, 1.82) is 0 Å². The summed E-state index contributed by atoms with van der Waals surface area (Å²) in [5.74, 6) is 0.354. The minimum Gasteiger partial charge on any atom is -0.390 e. The lowest BCUT2D eigenvalue weighted by Crippen LogP contribution is -2.31. The number of carbonyl (C=O) groups excluding carboxylic acids is 1. The molecule has 1 N–H and O–H groups in total. The minimum atomic E-state index is -0.689. The van der Waals surface area contributed by atoms with Gasteiger partial charge in [-0.25, -0.2) is 0 Å². The third-order valence-corrected chi connectivity index (χ3v) is 2.23. The second kappa shape index (κ2) is 3.86. The molecule has 0 aromatic carbocycles. The summed E-state index contributed by atoms with van der Waals surface area (Å²) in [6, 6.07) is 0. The fourth-order valence-electron chi connectivity index (χ4n) is 0.718. The fourth-order valence-corrected chi connectivity index (χ4v) is 0.718. The van der Waals surface area contributed by atoms with Gasteiger partial charge in [0.15, 0.2) is 0 Å². The molecule has 0 aromatic heterocycles. The largest absolute Gasteiger partial charge is 0.390 e. The molecule has 0 fully saturated rings. The molecule has 2 heteroatoms. The highest BCUT2D eigenvalue weighted by atomic mass is 16.3. The van der Waals surface area contributed by atoms with E-state index >= 15 is 0 Å². The highest BCUT2D eigenvalue weighted by molar-refractivity contribution is 5.75. The van der Waals surface area contributed by atoms with Gasteiger partial charge in [-0.2, -0.15) is 0 Å². The van der Waals surface area contributed by atoms with Gasteiger partial charge in [-0.3, -0.25) is 0 Å². The van der Waals surface area contributed by atoms with Crippen LogP contribution in [0.25, 0.3) is 0 Å². The van der Waals surface area contributed by atoms with Crippen molar-refractivity contribution >= 4 is 5.78 Å². The van der Waals surface area contributed by atoms with Crippen LogP contribution in [0.3, 0.4) is 0 Å². The zero-order chi connectivity index (χ0) is 9.07. The molecule has 0 spiro atoms. The molecule has 11 heavy (non-hydrogen) atoms. The lowest BCUT2D eigenvalue weighted by molar-refractivity contribution is -0.118. The molecule has 0 rings (SSSR count). The highest BCUT2D eigenvalue weighted by Crippen LogP contribution is 2.21. The van der Waals surface area contributed by atoms with Crippen molar-refractivity contribution < 1.29 is 9.90 Å². The average molecular weight is 158 g/mol. The Hall–Kier alpha value is -0.370. The van der Waals surface area contributed by atoms with E-state index in [9.17, 15) is 9.90 Å². The molecule has 2 nitrogen and oxygen atoms in total. The van der Waals surface area contributed by atoms with Crippen molar-refractivity contribution in [3.63, 3.8) is 0 Å². The van der Waals surface area contributed by atoms with Crippen LogP contribution in [0, 0.1) is 5.92 Å². The Bertz CT molecular complexity index is 136. The molecule has 0 heterocycles. The SMILES string of the molecule is CC(=O)CC[C@@](C)(O)C(C)C. The number of hydrogen-bond acceptors (Lipinski definition) is 2. The molecule has 66 valence electrons. The van der Waals surface area contributed by atoms with E-state index in [1.165, 1.54) is 0 Å². The number of rotatable bonds is 4. The van der Waals surface area contributed by atoms with Crippen LogP contribution in [0.1, 0.15) is 40.5 Å². The summed E-state index contributed by atoms with van der Waals surface area (Å²) in [5.41, 5.74) is -0.689. The summed E-state index contributed by atoms with van der Waals surface area (Å²) in [6.07, 6.45) is 1.05. The Balaban J connectivity index is 3.82. The van der Waals surface area contributed by atoms with Crippen LogP contribution in [0.2, 0.25) is 0 Å². The van der Waals surface area contributed by atoms with Crippen molar-refractivity contribution in [3.05, 3.63) is 0 Å². The lowest BCUT2D eigenvalue weighted by atomic mass is 9.87. The van der Waals surface area contributed by atoms with Crippen LogP contribution in [0.15, 0.2) is 0 Å². The fraction of sp³-hybridized carbons (Fsp3) is 0.889. The Morgan fingerprint density at radius 3 is 2.27 bits per heavy atom. The molecular formula is C9H18O2. The number of Topliss-reactive ketones (excluding diaryl/α,β-unsaturated/α-hetero) is 1. The molecular weight excluding hydrogens is 140 g/mol. The predicted octanol–water partition coefficient (Wildman–Crippen LogP) is 1.76. The molecule has 0 unspecified atom stereocenters. The molecule has 1 atom stereocenters. The maximum absolute atomic E-state index is 10.6. The van der Waals surface area contributed by atoms with Gasteiger partial charge in [0.05, 0.1) is 5.60 Å². The van der Waals surface area contributed by atoms with E-state index in [0.29, 0.717) is 12.8 Å². The molecule has 0 aliphatic carbocycles. The van der Waals surface area contributed by atoms with Gasteiger partial charge in [0.25, 0.3) is 0 Å². The molecule has 0 aliphatic rings. The molecule has 0 saturated heterocycles. The van der Waals surface area contributed by atoms with Gasteiger partial charge in [-0.1, -0.05) is 13.8 Å². The average Bonchev–Trinajstić information content (AvgIpc) is 1.84. The number of hydrogen-bond donors (Lipinski definition) is 1. The Labute approximate surface area is 68.6 Å². The Morgan fingerprint density at radius 2 is 2.00 bits per heavy atom. The molecule has 0 radical (unpaired) electrons. The molecule has 0 amide bonds. The van der Waals surface area contributed by atoms with Crippen LogP contribution in [0.4, 0.5) is 0 Å². The summed E-state index contributed by atoms with van der Waals surface area (Å²) in [6.45, 7) is 7.25. The second-order valence-electron chi connectivity index (χ2n) is 3.71. The van der Waals surface area contributed by atoms with E-state index in [4.69, 9.17) is 0 Å². The topological polar surface area (TPSA) is 37.3 Å². The quantitative estimate of drug-likeness (QED) is 0.677. The van der Waals surface area contributed by atoms with Crippen LogP contribution in [-0.2, 0) is 4.79 Å². The molecule has 0 saturated carbocycles. The van der Waals surface area contributed by atoms with E-state index in [2.05, 4.69) is 0 Å². The zero-order valence-electron chi connectivity index (χ0n) is 7.85. The number of ketones is 1. The van der Waals surface area contributed by atoms with Gasteiger partial charge in [0.2, 0.25) is 0 Å². The first kappa shape index (κ1) is 10.6. The molecule has 0 aromatic rings. The lowest BCUT2D eigenvalue weighted by Gasteiger charge is -2.26. The maximum atomic E-state index is 10.6. The van der Waals surface area contributed by atoms with Gasteiger partial charge in [0.1, 0.15) is 5.78 Å². The second-order valence-corrected chi connectivity index (χ2v) is 3.71. The zero-order valence-corrected chi connectivity index (χ0v) is 7.85. The van der Waals surface area contributed by atoms with Crippen LogP contribution in [0.5, 0.6) is 0 Å². The third-order valence-electron chi connectivity index (χ3n) is 2.23. The Morgan fingerprint density at radius 1 is 1.55 bits per heavy atom. The van der Waals surface area contributed by atoms with Crippen molar-refractivity contribution in [3.8, 4) is 0 Å². The monoisotopic (exact) mass is 158 g/mol. The van der Waals surface area contributed by atoms with E-state index in [-0.39, 0.29) is 11.7 Å². The summed E-state index contributed by atoms with van der Waals surface area (Å²) in [7, 11) is 0. The summed E-state index contributed by atoms with van der Waals surface area (Å²) in [5, 5.41) is 9.69. The molecule has 0 aliphatic heterocycles. The van der Waals surface area contributed by atoms with E-state index in [1.54, 1.807) is 13.8 Å². The highest BCUT2D eigenvalue weighted by Gasteiger charge is 2.24. The van der Waals surface area contributed by atoms with Gasteiger partial charge in [0, 0.05) is 6.42 Å². The summed E-state index contributed by atoms with van der Waals surface area (Å²) >= 11 is 0. The van der Waals surface area contributed by atoms with Crippen molar-refractivity contribution in [2.75, 3.05) is 0 Å². The van der Waals surface area contributed by atoms with Crippen molar-refractivity contribution in [2.45, 2.75) is 46.1 Å². The maximum Gasteiger partial charge on any atom is 0.129 e. The smallest absolute Gasteiger partial charge is 0.129 e. The van der Waals surface area contributed by atoms with Gasteiger partial charge in [-0.15, -0.1) is 0 Å². The first-order chi connectivity index (χ1) is 4.86. The van der Waals surface area contributed by atoms with Gasteiger partial charge < -0.3 is 9.90 Å². The van der Waals surface area contributed by atoms with Crippen molar-refractivity contribution in [1.82, 2.24) is 0 Å². The molecule has 0 bridgehead atoms. The van der Waals surface area contributed by atoms with E-state index in [0.717, 1.165) is 0 Å². The standard InChI is InChI=1S/C9H18O2/c1-7(2)9(4,11)6-5-8(3)10/h7,11H,5-6H2,1-4H3/t9-/m1/s1. The van der Waals surface area contributed by atoms with Crippen LogP contribution in [-0.4, -0.2) is 16.5 Å². The van der Waals surface area contributed by atoms with Crippen molar-refractivity contribution in [2.24, 2.45) is 5.92 Å². The summed E-state index contributed by atoms with van der Waals surface area (Å²) < 4.78 is 0. The van der Waals surface area contributed by atoms with Crippen LogP contribution < -0.4 is 0 Å². The predicted molar refractivity (Wildman–Crippen MR) is 45.4 cm³/mol. The number of carbonyl (C=O) groups is 1. The van der Waals surface area contributed by atoms with Gasteiger partial charge in [-0.05, 0) is 26.2 Å². The van der Waals surface area contributed by atoms with Crippen LogP contribution >= 0.6 is 0 Å². The first-order valence-corrected chi connectivity index (χ1v) is 4.08. The minimum absolute atomic E-state index is 0.144. The van der Waals surface area contributed by atoms with E-state index in [1.807, 2.05) is 13.8 Å². The Kier molecular flexibility index (Phi) is 3.73.